The van der Waals surface area contributed by atoms with Crippen LogP contribution in [0, 0.1) is 0 Å². The van der Waals surface area contributed by atoms with Gasteiger partial charge in [0.2, 0.25) is 0 Å². The van der Waals surface area contributed by atoms with Crippen molar-refractivity contribution in [2.75, 3.05) is 91.9 Å². The van der Waals surface area contributed by atoms with Crippen molar-refractivity contribution in [2.24, 2.45) is 5.73 Å². The van der Waals surface area contributed by atoms with Crippen molar-refractivity contribution < 1.29 is 48.5 Å². The summed E-state index contributed by atoms with van der Waals surface area (Å²) in [6.07, 6.45) is -1.16. The van der Waals surface area contributed by atoms with E-state index in [2.05, 4.69) is 16.0 Å². The number of nitrogens with two attached hydrogens (primary N) is 1. The summed E-state index contributed by atoms with van der Waals surface area (Å²) in [6.45, 7) is 6.62. The van der Waals surface area contributed by atoms with E-state index in [1.165, 1.54) is 0 Å². The van der Waals surface area contributed by atoms with E-state index in [1.54, 1.807) is 0 Å². The minimum Gasteiger partial charge on any atom is -0.390 e. The van der Waals surface area contributed by atoms with Crippen LogP contribution in [0.1, 0.15) is 12.8 Å². The van der Waals surface area contributed by atoms with Crippen molar-refractivity contribution in [1.82, 2.24) is 20.9 Å². The Morgan fingerprint density at radius 1 is 0.649 bits per heavy atom. The molecular formula is C20H51N5O10Si2. The Morgan fingerprint density at radius 3 is 1.46 bits per heavy atom. The first-order chi connectivity index (χ1) is 17.4. The monoisotopic (exact) mass is 577 g/mol. The molecule has 0 saturated carbocycles. The van der Waals surface area contributed by atoms with Crippen LogP contribution in [0.25, 0.3) is 0 Å². The van der Waals surface area contributed by atoms with Crippen LogP contribution in [0.2, 0.25) is 12.1 Å². The van der Waals surface area contributed by atoms with Crippen molar-refractivity contribution in [1.29, 1.82) is 0 Å². The first kappa shape index (κ1) is 36.8. The van der Waals surface area contributed by atoms with Crippen molar-refractivity contribution in [3.63, 3.8) is 0 Å². The highest BCUT2D eigenvalue weighted by Crippen LogP contribution is 2.04. The highest BCUT2D eigenvalue weighted by molar-refractivity contribution is 6.56. The SMILES string of the molecule is NCCNCCNCCNCCN(CC(O)COCCC[Si](O)(O)O)CC(O)COCCC[Si](O)(O)O. The third-order valence-electron chi connectivity index (χ3n) is 5.04. The Kier molecular flexibility index (Phi) is 22.5. The summed E-state index contributed by atoms with van der Waals surface area (Å²) in [5.74, 6) is 0. The fourth-order valence-corrected chi connectivity index (χ4v) is 4.53. The van der Waals surface area contributed by atoms with Crippen molar-refractivity contribution in [3.05, 3.63) is 0 Å². The van der Waals surface area contributed by atoms with Gasteiger partial charge in [-0.2, -0.15) is 0 Å². The van der Waals surface area contributed by atoms with Crippen LogP contribution in [0.15, 0.2) is 0 Å². The fraction of sp³-hybridized carbons (Fsp3) is 1.00. The van der Waals surface area contributed by atoms with Gasteiger partial charge in [-0.3, -0.25) is 4.90 Å². The number of nitrogens with zero attached hydrogens (tertiary/aromatic N) is 1. The molecule has 0 spiro atoms. The number of nitrogens with one attached hydrogen (secondary N) is 3. The molecule has 15 nitrogen and oxygen atoms in total. The van der Waals surface area contributed by atoms with Gasteiger partial charge in [-0.1, -0.05) is 0 Å². The average Bonchev–Trinajstić information content (AvgIpc) is 2.78. The van der Waals surface area contributed by atoms with Crippen molar-refractivity contribution in [2.45, 2.75) is 37.1 Å². The van der Waals surface area contributed by atoms with E-state index < -0.39 is 29.8 Å². The molecule has 37 heavy (non-hydrogen) atoms. The summed E-state index contributed by atoms with van der Waals surface area (Å²) in [5, 5.41) is 30.5. The lowest BCUT2D eigenvalue weighted by Crippen LogP contribution is -2.44. The summed E-state index contributed by atoms with van der Waals surface area (Å²) >= 11 is 0. The molecule has 0 bridgehead atoms. The van der Waals surface area contributed by atoms with E-state index in [0.717, 1.165) is 32.7 Å². The summed E-state index contributed by atoms with van der Waals surface area (Å²) in [4.78, 5) is 55.9. The number of rotatable bonds is 27. The Bertz CT molecular complexity index is 489. The molecule has 0 aromatic carbocycles. The normalized spacial score (nSPS) is 14.4. The van der Waals surface area contributed by atoms with Crippen molar-refractivity contribution in [3.8, 4) is 0 Å². The van der Waals surface area contributed by atoms with E-state index in [9.17, 15) is 10.2 Å². The third kappa shape index (κ3) is 28.7. The standard InChI is InChI=1S/C20H51N5O10Si2/c21-3-4-22-5-6-23-7-8-24-9-10-25(15-19(26)17-34-11-1-13-36(28,29)30)16-20(27)18-35-12-2-14-37(31,32)33/h19-20,22-24,26-33H,1-18,21H2. The van der Waals surface area contributed by atoms with Gasteiger partial charge in [0.15, 0.2) is 0 Å². The number of aliphatic hydroxyl groups excluding tert-OH is 2. The molecule has 0 heterocycles. The van der Waals surface area contributed by atoms with Crippen molar-refractivity contribution >= 4 is 17.6 Å². The largest absolute Gasteiger partial charge is 0.492 e. The molecule has 0 aliphatic heterocycles. The van der Waals surface area contributed by atoms with Crippen LogP contribution >= 0.6 is 0 Å². The fourth-order valence-electron chi connectivity index (χ4n) is 3.29. The second-order valence-corrected chi connectivity index (χ2v) is 13.1. The molecule has 0 fully saturated rings. The first-order valence-electron chi connectivity index (χ1n) is 12.8. The van der Waals surface area contributed by atoms with Crippen LogP contribution in [0.5, 0.6) is 0 Å². The highest BCUT2D eigenvalue weighted by Gasteiger charge is 2.26. The summed E-state index contributed by atoms with van der Waals surface area (Å²) in [5.41, 5.74) is 5.42. The molecule has 0 aliphatic carbocycles. The topological polar surface area (TPSA) is 246 Å². The molecule has 0 saturated heterocycles. The Labute approximate surface area is 222 Å². The zero-order chi connectivity index (χ0) is 28.0. The molecule has 0 rings (SSSR count). The molecule has 0 aliphatic rings. The van der Waals surface area contributed by atoms with Gasteiger partial charge >= 0.3 is 17.6 Å². The summed E-state index contributed by atoms with van der Waals surface area (Å²) in [7, 11) is -8.17. The van der Waals surface area contributed by atoms with Gasteiger partial charge in [0.1, 0.15) is 0 Å². The molecule has 13 N–H and O–H groups in total. The van der Waals surface area contributed by atoms with Gasteiger partial charge in [-0.25, -0.2) is 0 Å². The zero-order valence-corrected chi connectivity index (χ0v) is 23.8. The first-order valence-corrected chi connectivity index (χ1v) is 16.9. The van der Waals surface area contributed by atoms with E-state index in [4.69, 9.17) is 44.0 Å². The quantitative estimate of drug-likeness (QED) is 0.0321. The van der Waals surface area contributed by atoms with Crippen LogP contribution in [-0.2, 0) is 9.47 Å². The lowest BCUT2D eigenvalue weighted by molar-refractivity contribution is -0.01000. The molecule has 2 unspecified atom stereocenters. The predicted molar refractivity (Wildman–Crippen MR) is 141 cm³/mol. The number of hydrogen-bond acceptors (Lipinski definition) is 15. The van der Waals surface area contributed by atoms with Gasteiger partial charge < -0.3 is 70.1 Å². The average molecular weight is 578 g/mol. The Hall–Kier alpha value is -0.166. The van der Waals surface area contributed by atoms with Gasteiger partial charge in [0.25, 0.3) is 0 Å². The highest BCUT2D eigenvalue weighted by atomic mass is 28.4. The maximum atomic E-state index is 10.3. The van der Waals surface area contributed by atoms with E-state index in [-0.39, 0.29) is 64.4 Å². The summed E-state index contributed by atoms with van der Waals surface area (Å²) < 4.78 is 10.7. The number of hydrogen-bond donors (Lipinski definition) is 12. The van der Waals surface area contributed by atoms with E-state index in [1.807, 2.05) is 4.90 Å². The van der Waals surface area contributed by atoms with Crippen LogP contribution in [0.3, 0.4) is 0 Å². The Morgan fingerprint density at radius 2 is 1.05 bits per heavy atom. The third-order valence-corrected chi connectivity index (χ3v) is 7.09. The molecule has 2 atom stereocenters. The maximum absolute atomic E-state index is 10.3. The molecule has 0 aromatic heterocycles. The van der Waals surface area contributed by atoms with Gasteiger partial charge in [0, 0.05) is 90.7 Å². The van der Waals surface area contributed by atoms with E-state index in [0.29, 0.717) is 19.6 Å². The van der Waals surface area contributed by atoms with Gasteiger partial charge in [-0.15, -0.1) is 0 Å². The molecule has 224 valence electrons. The molecule has 0 amide bonds. The lowest BCUT2D eigenvalue weighted by Gasteiger charge is -2.27. The van der Waals surface area contributed by atoms with Crippen LogP contribution in [-0.4, -0.2) is 166 Å². The van der Waals surface area contributed by atoms with Crippen LogP contribution < -0.4 is 21.7 Å². The second-order valence-electron chi connectivity index (χ2n) is 9.01. The predicted octanol–water partition coefficient (Wildman–Crippen LogP) is -5.62. The summed E-state index contributed by atoms with van der Waals surface area (Å²) in [6, 6.07) is -0.269. The molecule has 17 heteroatoms. The Balaban J connectivity index is 4.31. The zero-order valence-electron chi connectivity index (χ0n) is 21.8. The van der Waals surface area contributed by atoms with Gasteiger partial charge in [0.05, 0.1) is 25.4 Å². The molecule has 0 aromatic rings. The lowest BCUT2D eigenvalue weighted by atomic mass is 10.2. The maximum Gasteiger partial charge on any atom is 0.492 e. The van der Waals surface area contributed by atoms with E-state index >= 15 is 0 Å². The molecular weight excluding hydrogens is 526 g/mol. The minimum atomic E-state index is -4.08. The second kappa shape index (κ2) is 22.6. The smallest absolute Gasteiger partial charge is 0.390 e. The van der Waals surface area contributed by atoms with Gasteiger partial charge in [-0.05, 0) is 12.8 Å². The van der Waals surface area contributed by atoms with Crippen LogP contribution in [0.4, 0.5) is 0 Å². The number of ether oxygens (including phenoxy) is 2. The molecule has 0 radical (unpaired) electrons. The number of aliphatic hydroxyl groups is 2. The minimum absolute atomic E-state index is 0.0184.